The Morgan fingerprint density at radius 1 is 1.20 bits per heavy atom. The van der Waals surface area contributed by atoms with Crippen LogP contribution in [0, 0.1) is 5.92 Å². The van der Waals surface area contributed by atoms with Crippen LogP contribution in [0.1, 0.15) is 39.5 Å². The number of carboxylic acid groups (broad SMARTS) is 1. The monoisotopic (exact) mass is 260 g/mol. The first-order chi connectivity index (χ1) is 6.72. The molecular formula is C8H20O6Ti. The van der Waals surface area contributed by atoms with Crippen molar-refractivity contribution in [1.82, 2.24) is 0 Å². The summed E-state index contributed by atoms with van der Waals surface area (Å²) in [5.41, 5.74) is 0. The zero-order chi connectivity index (χ0) is 12.5. The summed E-state index contributed by atoms with van der Waals surface area (Å²) in [6.07, 6.45) is 3.71. The second-order valence-corrected chi connectivity index (χ2v) is 5.06. The average Bonchev–Trinajstić information content (AvgIpc) is 2.02. The molecule has 1 unspecified atom stereocenters. The maximum atomic E-state index is 10.4. The molecule has 0 amide bonds. The predicted octanol–water partition coefficient (Wildman–Crippen LogP) is 0.0569. The molecule has 0 heterocycles. The second-order valence-electron chi connectivity index (χ2n) is 3.19. The Morgan fingerprint density at radius 3 is 1.80 bits per heavy atom. The summed E-state index contributed by atoms with van der Waals surface area (Å²) in [6, 6.07) is 0. The van der Waals surface area contributed by atoms with Crippen molar-refractivity contribution in [3.8, 4) is 0 Å². The molecule has 0 aliphatic heterocycles. The predicted molar refractivity (Wildman–Crippen MR) is 49.8 cm³/mol. The van der Waals surface area contributed by atoms with Crippen molar-refractivity contribution in [2.45, 2.75) is 39.5 Å². The van der Waals surface area contributed by atoms with E-state index in [-0.39, 0.29) is 5.92 Å². The molecular weight excluding hydrogens is 240 g/mol. The molecule has 0 spiro atoms. The van der Waals surface area contributed by atoms with Crippen LogP contribution in [0.4, 0.5) is 0 Å². The minimum absolute atomic E-state index is 0.111. The average molecular weight is 260 g/mol. The standard InChI is InChI=1S/C8H16O2.4H2O.Ti/c1-3-5-6-7(4-2)8(9)10;;;;;/h7H,3-6H2,1-2H3,(H,9,10);4*1H2;/q;;;;;+4/p-4. The van der Waals surface area contributed by atoms with Crippen molar-refractivity contribution >= 4 is 5.97 Å². The Kier molecular flexibility index (Phi) is 10.8. The molecule has 0 radical (unpaired) electrons. The van der Waals surface area contributed by atoms with E-state index in [2.05, 4.69) is 6.92 Å². The van der Waals surface area contributed by atoms with Gasteiger partial charge in [0.05, 0.1) is 5.92 Å². The van der Waals surface area contributed by atoms with Gasteiger partial charge in [-0.25, -0.2) is 0 Å². The van der Waals surface area contributed by atoms with Crippen LogP contribution in [0.3, 0.4) is 0 Å². The Balaban J connectivity index is 0. The Hall–Kier alpha value is 0.0243. The summed E-state index contributed by atoms with van der Waals surface area (Å²) in [5, 5.41) is 8.60. The van der Waals surface area contributed by atoms with Gasteiger partial charge in [0.15, 0.2) is 0 Å². The van der Waals surface area contributed by atoms with Crippen LogP contribution in [0.15, 0.2) is 0 Å². The molecule has 0 aromatic carbocycles. The molecule has 0 aliphatic rings. The van der Waals surface area contributed by atoms with Gasteiger partial charge in [-0.1, -0.05) is 26.7 Å². The van der Waals surface area contributed by atoms with Crippen molar-refractivity contribution in [2.75, 3.05) is 0 Å². The number of hydrogen-bond donors (Lipinski definition) is 5. The first-order valence-electron chi connectivity index (χ1n) is 4.84. The van der Waals surface area contributed by atoms with E-state index >= 15 is 0 Å². The molecule has 5 N–H and O–H groups in total. The van der Waals surface area contributed by atoms with Gasteiger partial charge in [-0.15, -0.1) is 0 Å². The Morgan fingerprint density at radius 2 is 1.60 bits per heavy atom. The SMILES string of the molecule is CCCCC(CC)C(=O)O.[OH][Ti]([OH])([OH])[OH]. The quantitative estimate of drug-likeness (QED) is 0.446. The number of aliphatic carboxylic acids is 1. The summed E-state index contributed by atoms with van der Waals surface area (Å²) >= 11 is -5.00. The van der Waals surface area contributed by atoms with Crippen molar-refractivity contribution in [3.05, 3.63) is 0 Å². The minimum atomic E-state index is -5.00. The molecule has 7 heteroatoms. The van der Waals surface area contributed by atoms with E-state index < -0.39 is 24.1 Å². The summed E-state index contributed by atoms with van der Waals surface area (Å²) in [5.74, 6) is -0.754. The topological polar surface area (TPSA) is 118 Å². The van der Waals surface area contributed by atoms with Crippen LogP contribution in [0.25, 0.3) is 0 Å². The number of carboxylic acids is 1. The van der Waals surface area contributed by atoms with Gasteiger partial charge in [0, 0.05) is 0 Å². The van der Waals surface area contributed by atoms with Crippen molar-refractivity contribution in [2.24, 2.45) is 5.92 Å². The molecule has 6 nitrogen and oxygen atoms in total. The van der Waals surface area contributed by atoms with Crippen molar-refractivity contribution in [3.63, 3.8) is 0 Å². The fraction of sp³-hybridized carbons (Fsp3) is 0.875. The molecule has 0 aliphatic carbocycles. The molecule has 0 fully saturated rings. The number of hydrogen-bond acceptors (Lipinski definition) is 5. The molecule has 15 heavy (non-hydrogen) atoms. The van der Waals surface area contributed by atoms with Gasteiger partial charge in [-0.3, -0.25) is 4.79 Å². The third-order valence-electron chi connectivity index (χ3n) is 1.75. The Bertz CT molecular complexity index is 161. The molecule has 0 aromatic heterocycles. The van der Waals surface area contributed by atoms with Crippen LogP contribution >= 0.6 is 0 Å². The first kappa shape index (κ1) is 17.4. The zero-order valence-electron chi connectivity index (χ0n) is 9.05. The maximum absolute atomic E-state index is 10.4. The number of carbonyl (C=O) groups is 1. The number of unbranched alkanes of at least 4 members (excludes halogenated alkanes) is 1. The third kappa shape index (κ3) is 20.2. The van der Waals surface area contributed by atoms with E-state index in [9.17, 15) is 4.79 Å². The molecule has 1 atom stereocenters. The van der Waals surface area contributed by atoms with E-state index in [0.29, 0.717) is 0 Å². The van der Waals surface area contributed by atoms with Crippen LogP contribution in [-0.2, 0) is 22.9 Å². The number of rotatable bonds is 5. The molecule has 0 saturated carbocycles. The van der Waals surface area contributed by atoms with E-state index in [0.717, 1.165) is 25.7 Å². The fourth-order valence-corrected chi connectivity index (χ4v) is 0.953. The van der Waals surface area contributed by atoms with Crippen LogP contribution in [0.5, 0.6) is 0 Å². The molecule has 0 bridgehead atoms. The van der Waals surface area contributed by atoms with Gasteiger partial charge in [0.2, 0.25) is 0 Å². The second kappa shape index (κ2) is 9.26. The van der Waals surface area contributed by atoms with E-state index in [1.54, 1.807) is 0 Å². The first-order valence-corrected chi connectivity index (χ1v) is 7.63. The van der Waals surface area contributed by atoms with Gasteiger partial charge in [0.25, 0.3) is 0 Å². The van der Waals surface area contributed by atoms with E-state index in [1.807, 2.05) is 6.92 Å². The fourth-order valence-electron chi connectivity index (χ4n) is 0.953. The molecule has 0 saturated heterocycles. The molecule has 0 rings (SSSR count). The van der Waals surface area contributed by atoms with Crippen molar-refractivity contribution < 1.29 is 42.8 Å². The molecule has 92 valence electrons. The summed E-state index contributed by atoms with van der Waals surface area (Å²) in [4.78, 5) is 10.4. The van der Waals surface area contributed by atoms with Gasteiger partial charge in [-0.05, 0) is 12.8 Å². The van der Waals surface area contributed by atoms with Gasteiger partial charge < -0.3 is 5.11 Å². The van der Waals surface area contributed by atoms with Crippen LogP contribution in [-0.4, -0.2) is 25.8 Å². The van der Waals surface area contributed by atoms with Crippen LogP contribution in [0.2, 0.25) is 0 Å². The normalized spacial score (nSPS) is 12.7. The third-order valence-corrected chi connectivity index (χ3v) is 1.75. The van der Waals surface area contributed by atoms with Crippen LogP contribution < -0.4 is 0 Å². The van der Waals surface area contributed by atoms with E-state index in [4.69, 9.17) is 19.9 Å². The molecule has 0 aromatic rings. The zero-order valence-corrected chi connectivity index (χ0v) is 10.6. The van der Waals surface area contributed by atoms with Gasteiger partial charge in [-0.2, -0.15) is 0 Å². The van der Waals surface area contributed by atoms with Gasteiger partial charge in [0.1, 0.15) is 0 Å². The summed E-state index contributed by atoms with van der Waals surface area (Å²) < 4.78 is 29.5. The summed E-state index contributed by atoms with van der Waals surface area (Å²) in [6.45, 7) is 4.00. The summed E-state index contributed by atoms with van der Waals surface area (Å²) in [7, 11) is 0. The van der Waals surface area contributed by atoms with E-state index in [1.165, 1.54) is 0 Å². The Labute approximate surface area is 94.4 Å². The van der Waals surface area contributed by atoms with Gasteiger partial charge >= 0.3 is 38.9 Å². The van der Waals surface area contributed by atoms with Crippen molar-refractivity contribution in [1.29, 1.82) is 0 Å².